The number of sulfone groups is 1. The van der Waals surface area contributed by atoms with Crippen LogP contribution in [0.5, 0.6) is 11.5 Å². The maximum absolute atomic E-state index is 11.8. The van der Waals surface area contributed by atoms with Gasteiger partial charge in [0.2, 0.25) is 0 Å². The molecule has 0 saturated heterocycles. The maximum Gasteiger partial charge on any atom is 0.303 e. The molecule has 0 unspecified atom stereocenters. The van der Waals surface area contributed by atoms with Crippen molar-refractivity contribution < 1.29 is 27.4 Å². The zero-order valence-electron chi connectivity index (χ0n) is 21.1. The second-order valence-corrected chi connectivity index (χ2v) is 12.8. The molecule has 0 amide bonds. The summed E-state index contributed by atoms with van der Waals surface area (Å²) in [4.78, 5) is 11.2. The van der Waals surface area contributed by atoms with Crippen molar-refractivity contribution in [1.29, 1.82) is 0 Å². The Morgan fingerprint density at radius 1 is 1.00 bits per heavy atom. The fourth-order valence-electron chi connectivity index (χ4n) is 3.55. The molecule has 0 aliphatic heterocycles. The van der Waals surface area contributed by atoms with E-state index in [1.165, 1.54) is 6.92 Å². The summed E-state index contributed by atoms with van der Waals surface area (Å²) in [6.07, 6.45) is -0.618. The van der Waals surface area contributed by atoms with E-state index >= 15 is 0 Å². The molecule has 6 nitrogen and oxygen atoms in total. The Kier molecular flexibility index (Phi) is 11.2. The van der Waals surface area contributed by atoms with Crippen LogP contribution in [0.25, 0.3) is 0 Å². The molecule has 0 N–H and O–H groups in total. The molecule has 0 bridgehead atoms. The highest BCUT2D eigenvalue weighted by Crippen LogP contribution is 2.40. The van der Waals surface area contributed by atoms with E-state index in [1.54, 1.807) is 19.1 Å². The van der Waals surface area contributed by atoms with Crippen LogP contribution in [0, 0.1) is 5.92 Å². The summed E-state index contributed by atoms with van der Waals surface area (Å²) in [6, 6.07) is 11.2. The molecule has 0 spiro atoms. The van der Waals surface area contributed by atoms with E-state index in [0.29, 0.717) is 28.2 Å². The lowest BCUT2D eigenvalue weighted by molar-refractivity contribution is -0.146. The highest BCUT2D eigenvalue weighted by molar-refractivity contribution is 7.91. The first kappa shape index (κ1) is 30.6. The topological polar surface area (TPSA) is 78.9 Å². The van der Waals surface area contributed by atoms with Gasteiger partial charge >= 0.3 is 5.97 Å². The van der Waals surface area contributed by atoms with E-state index in [0.717, 1.165) is 11.1 Å². The molecule has 10 heteroatoms. The number of carbonyl (C=O) groups excluding carboxylic acids is 1. The smallest absolute Gasteiger partial charge is 0.303 e. The van der Waals surface area contributed by atoms with Gasteiger partial charge < -0.3 is 14.2 Å². The Morgan fingerprint density at radius 3 is 2.08 bits per heavy atom. The second kappa shape index (κ2) is 13.2. The molecular formula is C26H33Cl3O6S. The molecular weight excluding hydrogens is 547 g/mol. The number of benzene rings is 2. The minimum Gasteiger partial charge on any atom is -0.493 e. The third kappa shape index (κ3) is 8.72. The molecule has 36 heavy (non-hydrogen) atoms. The molecule has 2 aromatic rings. The van der Waals surface area contributed by atoms with Crippen LogP contribution in [0.1, 0.15) is 45.7 Å². The summed E-state index contributed by atoms with van der Waals surface area (Å²) >= 11 is 18.8. The number of alkyl halides is 1. The van der Waals surface area contributed by atoms with Gasteiger partial charge in [0.1, 0.15) is 28.3 Å². The lowest BCUT2D eigenvalue weighted by Gasteiger charge is -2.27. The standard InChI is InChI=1S/C26H33Cl3O6S/c1-6-36(31,32)16-17(2)14-33-21-9-7-19(8-10-21)26(4,5)20-11-23(28)25(24(29)12-20)34-15-22(13-27)35-18(3)30/h7-12,17,22H,6,13-16H2,1-5H3/t17-,22-/m0/s1. The molecule has 0 aliphatic carbocycles. The number of ether oxygens (including phenoxy) is 3. The summed E-state index contributed by atoms with van der Waals surface area (Å²) in [5, 5.41) is 0.662. The third-order valence-corrected chi connectivity index (χ3v) is 8.59. The minimum absolute atomic E-state index is 0.0235. The van der Waals surface area contributed by atoms with Gasteiger partial charge in [-0.3, -0.25) is 4.79 Å². The van der Waals surface area contributed by atoms with Crippen LogP contribution >= 0.6 is 34.8 Å². The summed E-state index contributed by atoms with van der Waals surface area (Å²) in [7, 11) is -3.04. The van der Waals surface area contributed by atoms with Gasteiger partial charge in [-0.1, -0.05) is 63.0 Å². The van der Waals surface area contributed by atoms with Crippen molar-refractivity contribution in [2.75, 3.05) is 30.6 Å². The summed E-state index contributed by atoms with van der Waals surface area (Å²) in [6.45, 7) is 9.24. The van der Waals surface area contributed by atoms with Gasteiger partial charge in [-0.15, -0.1) is 11.6 Å². The van der Waals surface area contributed by atoms with Crippen LogP contribution in [0.2, 0.25) is 10.0 Å². The van der Waals surface area contributed by atoms with E-state index in [-0.39, 0.29) is 29.9 Å². The van der Waals surface area contributed by atoms with Crippen molar-refractivity contribution in [2.24, 2.45) is 5.92 Å². The SMILES string of the molecule is CCS(=O)(=O)C[C@@H](C)COc1ccc(C(C)(C)c2cc(Cl)c(OC[C@H](CCl)OC(C)=O)c(Cl)c2)cc1. The van der Waals surface area contributed by atoms with Crippen molar-refractivity contribution in [3.8, 4) is 11.5 Å². The van der Waals surface area contributed by atoms with Crippen LogP contribution in [-0.2, 0) is 24.8 Å². The molecule has 0 radical (unpaired) electrons. The number of hydrogen-bond acceptors (Lipinski definition) is 6. The Morgan fingerprint density at radius 2 is 1.58 bits per heavy atom. The van der Waals surface area contributed by atoms with Crippen molar-refractivity contribution in [1.82, 2.24) is 0 Å². The van der Waals surface area contributed by atoms with Crippen LogP contribution in [-0.4, -0.2) is 51.1 Å². The molecule has 0 aliphatic rings. The monoisotopic (exact) mass is 578 g/mol. The van der Waals surface area contributed by atoms with Gasteiger partial charge in [0.15, 0.2) is 5.75 Å². The molecule has 0 saturated carbocycles. The summed E-state index contributed by atoms with van der Waals surface area (Å²) in [5.74, 6) is 0.714. The predicted octanol–water partition coefficient (Wildman–Crippen LogP) is 6.32. The Bertz CT molecular complexity index is 1110. The quantitative estimate of drug-likeness (QED) is 0.204. The van der Waals surface area contributed by atoms with Crippen LogP contribution in [0.4, 0.5) is 0 Å². The normalized spacial score (nSPS) is 13.7. The Balaban J connectivity index is 2.11. The Hall–Kier alpha value is -1.67. The van der Waals surface area contributed by atoms with E-state index in [9.17, 15) is 13.2 Å². The zero-order valence-corrected chi connectivity index (χ0v) is 24.2. The minimum atomic E-state index is -3.04. The van der Waals surface area contributed by atoms with Crippen LogP contribution in [0.15, 0.2) is 36.4 Å². The first-order valence-electron chi connectivity index (χ1n) is 11.6. The predicted molar refractivity (Wildman–Crippen MR) is 146 cm³/mol. The van der Waals surface area contributed by atoms with E-state index < -0.39 is 27.3 Å². The van der Waals surface area contributed by atoms with E-state index in [2.05, 4.69) is 0 Å². The average Bonchev–Trinajstić information content (AvgIpc) is 2.81. The molecule has 0 fully saturated rings. The van der Waals surface area contributed by atoms with E-state index in [1.807, 2.05) is 45.0 Å². The fourth-order valence-corrected chi connectivity index (χ4v) is 5.50. The third-order valence-electron chi connectivity index (χ3n) is 5.73. The van der Waals surface area contributed by atoms with Crippen molar-refractivity contribution >= 4 is 50.6 Å². The largest absolute Gasteiger partial charge is 0.493 e. The number of rotatable bonds is 13. The maximum atomic E-state index is 11.8. The van der Waals surface area contributed by atoms with Crippen molar-refractivity contribution in [3.63, 3.8) is 0 Å². The molecule has 200 valence electrons. The molecule has 2 atom stereocenters. The summed E-state index contributed by atoms with van der Waals surface area (Å²) < 4.78 is 40.2. The molecule has 0 heterocycles. The van der Waals surface area contributed by atoms with Gasteiger partial charge in [0, 0.05) is 24.0 Å². The van der Waals surface area contributed by atoms with Gasteiger partial charge in [0.05, 0.1) is 28.3 Å². The lowest BCUT2D eigenvalue weighted by atomic mass is 9.78. The number of esters is 1. The first-order chi connectivity index (χ1) is 16.8. The summed E-state index contributed by atoms with van der Waals surface area (Å²) in [5.41, 5.74) is 1.45. The fraction of sp³-hybridized carbons (Fsp3) is 0.500. The van der Waals surface area contributed by atoms with E-state index in [4.69, 9.17) is 49.0 Å². The zero-order chi connectivity index (χ0) is 27.1. The van der Waals surface area contributed by atoms with Crippen LogP contribution < -0.4 is 9.47 Å². The molecule has 2 aromatic carbocycles. The average molecular weight is 580 g/mol. The first-order valence-corrected chi connectivity index (χ1v) is 14.7. The van der Waals surface area contributed by atoms with Crippen molar-refractivity contribution in [3.05, 3.63) is 57.6 Å². The molecule has 2 rings (SSSR count). The van der Waals surface area contributed by atoms with Gasteiger partial charge in [-0.05, 0) is 35.4 Å². The Labute approximate surface area is 229 Å². The highest BCUT2D eigenvalue weighted by Gasteiger charge is 2.26. The lowest BCUT2D eigenvalue weighted by Crippen LogP contribution is -2.26. The number of carbonyl (C=O) groups is 1. The van der Waals surface area contributed by atoms with Gasteiger partial charge in [-0.2, -0.15) is 0 Å². The number of hydrogen-bond donors (Lipinski definition) is 0. The highest BCUT2D eigenvalue weighted by atomic mass is 35.5. The van der Waals surface area contributed by atoms with Crippen molar-refractivity contribution in [2.45, 2.75) is 46.1 Å². The van der Waals surface area contributed by atoms with Gasteiger partial charge in [-0.25, -0.2) is 8.42 Å². The van der Waals surface area contributed by atoms with Crippen LogP contribution in [0.3, 0.4) is 0 Å². The molecule has 0 aromatic heterocycles. The second-order valence-electron chi connectivity index (χ2n) is 9.23. The number of halogens is 3. The van der Waals surface area contributed by atoms with Gasteiger partial charge in [0.25, 0.3) is 0 Å².